The van der Waals surface area contributed by atoms with Crippen LogP contribution in [0.4, 0.5) is 5.69 Å². The fraction of sp³-hybridized carbons (Fsp3) is 0.320. The molecule has 0 radical (unpaired) electrons. The lowest BCUT2D eigenvalue weighted by Crippen LogP contribution is -2.48. The maximum Gasteiger partial charge on any atom is 0.267 e. The molecular formula is C25H29ClN7O2+. The SMILES string of the molecule is CCCCc1nc(Cl)c(CO)n1Cc1ccc([N+]2(Cc3ccccc3)N=NN=C2CC(N)=O)cc1. The van der Waals surface area contributed by atoms with Crippen molar-refractivity contribution < 1.29 is 9.90 Å². The molecule has 182 valence electrons. The van der Waals surface area contributed by atoms with E-state index in [0.717, 1.165) is 41.9 Å². The summed E-state index contributed by atoms with van der Waals surface area (Å²) in [5.74, 6) is 0.845. The smallest absolute Gasteiger partial charge is 0.267 e. The monoisotopic (exact) mass is 494 g/mol. The molecular weight excluding hydrogens is 466 g/mol. The maximum absolute atomic E-state index is 11.8. The predicted molar refractivity (Wildman–Crippen MR) is 135 cm³/mol. The summed E-state index contributed by atoms with van der Waals surface area (Å²) in [4.78, 5) is 16.2. The number of halogens is 1. The third kappa shape index (κ3) is 5.32. The summed E-state index contributed by atoms with van der Waals surface area (Å²) in [6, 6.07) is 17.8. The maximum atomic E-state index is 11.8. The zero-order chi connectivity index (χ0) is 24.8. The molecule has 1 aromatic heterocycles. The Morgan fingerprint density at radius 1 is 1.11 bits per heavy atom. The van der Waals surface area contributed by atoms with Crippen molar-refractivity contribution in [3.63, 3.8) is 0 Å². The molecule has 2 aromatic carbocycles. The number of aliphatic hydroxyl groups is 1. The zero-order valence-corrected chi connectivity index (χ0v) is 20.4. The highest BCUT2D eigenvalue weighted by atomic mass is 35.5. The van der Waals surface area contributed by atoms with Crippen molar-refractivity contribution in [2.75, 3.05) is 0 Å². The third-order valence-electron chi connectivity index (χ3n) is 6.08. The van der Waals surface area contributed by atoms with Crippen LogP contribution in [0.2, 0.25) is 5.15 Å². The molecule has 3 aromatic rings. The van der Waals surface area contributed by atoms with Crippen molar-refractivity contribution >= 4 is 29.0 Å². The van der Waals surface area contributed by atoms with Crippen LogP contribution in [-0.4, -0.2) is 26.4 Å². The number of amides is 1. The van der Waals surface area contributed by atoms with Gasteiger partial charge in [-0.15, -0.1) is 0 Å². The zero-order valence-electron chi connectivity index (χ0n) is 19.6. The summed E-state index contributed by atoms with van der Waals surface area (Å²) >= 11 is 6.29. The standard InChI is InChI=1S/C25H28ClN7O2/c1-2-3-9-23-28-25(26)21(17-34)32(23)15-18-10-12-20(13-11-18)33(16-19-7-5-4-6-8-19)24(14-22(27)35)29-30-31-33/h4-8,10-13,34H,2-3,9,14-17H2,1H3,(H-,27,35)/p+1. The highest BCUT2D eigenvalue weighted by molar-refractivity contribution is 6.30. The minimum atomic E-state index is -0.489. The van der Waals surface area contributed by atoms with Crippen LogP contribution in [0.3, 0.4) is 0 Å². The molecule has 1 atom stereocenters. The second kappa shape index (κ2) is 10.9. The number of primary amides is 1. The van der Waals surface area contributed by atoms with Gasteiger partial charge in [-0.25, -0.2) is 4.98 Å². The second-order valence-electron chi connectivity index (χ2n) is 8.53. The molecule has 0 spiro atoms. The molecule has 1 unspecified atom stereocenters. The van der Waals surface area contributed by atoms with Gasteiger partial charge in [-0.3, -0.25) is 4.79 Å². The number of amidine groups is 1. The Kier molecular flexibility index (Phi) is 7.70. The molecule has 1 amide bonds. The average molecular weight is 495 g/mol. The lowest BCUT2D eigenvalue weighted by molar-refractivity contribution is -0.117. The normalized spacial score (nSPS) is 17.1. The number of aliphatic hydroxyl groups excluding tert-OH is 1. The van der Waals surface area contributed by atoms with Gasteiger partial charge in [0.15, 0.2) is 10.8 Å². The average Bonchev–Trinajstić information content (AvgIpc) is 3.38. The largest absolute Gasteiger partial charge is 0.390 e. The van der Waals surface area contributed by atoms with E-state index < -0.39 is 5.91 Å². The molecule has 0 saturated heterocycles. The lowest BCUT2D eigenvalue weighted by Gasteiger charge is -2.27. The van der Waals surface area contributed by atoms with Gasteiger partial charge in [0.2, 0.25) is 5.91 Å². The van der Waals surface area contributed by atoms with E-state index in [1.807, 2.05) is 59.2 Å². The fourth-order valence-corrected chi connectivity index (χ4v) is 4.51. The van der Waals surface area contributed by atoms with E-state index in [9.17, 15) is 9.90 Å². The highest BCUT2D eigenvalue weighted by Crippen LogP contribution is 2.33. The van der Waals surface area contributed by atoms with Gasteiger partial charge < -0.3 is 15.4 Å². The van der Waals surface area contributed by atoms with Gasteiger partial charge in [-0.1, -0.05) is 77.1 Å². The van der Waals surface area contributed by atoms with Crippen LogP contribution in [0.15, 0.2) is 70.1 Å². The van der Waals surface area contributed by atoms with Crippen LogP contribution < -0.4 is 10.3 Å². The van der Waals surface area contributed by atoms with Gasteiger partial charge in [-0.2, -0.15) is 0 Å². The van der Waals surface area contributed by atoms with E-state index in [1.54, 1.807) is 0 Å². The van der Waals surface area contributed by atoms with Crippen molar-refractivity contribution in [1.29, 1.82) is 0 Å². The number of imidazole rings is 1. The van der Waals surface area contributed by atoms with Gasteiger partial charge in [0, 0.05) is 35.9 Å². The lowest BCUT2D eigenvalue weighted by atomic mass is 10.1. The predicted octanol–water partition coefficient (Wildman–Crippen LogP) is 4.50. The first-order chi connectivity index (χ1) is 17.0. The molecule has 3 N–H and O–H groups in total. The minimum Gasteiger partial charge on any atom is -0.390 e. The van der Waals surface area contributed by atoms with Crippen molar-refractivity contribution in [2.24, 2.45) is 21.3 Å². The van der Waals surface area contributed by atoms with Gasteiger partial charge in [0.05, 0.1) is 17.5 Å². The van der Waals surface area contributed by atoms with E-state index >= 15 is 0 Å². The summed E-state index contributed by atoms with van der Waals surface area (Å²) in [5, 5.41) is 22.7. The topological polar surface area (TPSA) is 118 Å². The molecule has 10 heteroatoms. The van der Waals surface area contributed by atoms with Crippen molar-refractivity contribution in [3.05, 3.63) is 82.4 Å². The third-order valence-corrected chi connectivity index (χ3v) is 6.38. The minimum absolute atomic E-state index is 0.0459. The van der Waals surface area contributed by atoms with Crippen LogP contribution in [0.25, 0.3) is 0 Å². The van der Waals surface area contributed by atoms with Crippen molar-refractivity contribution in [1.82, 2.24) is 14.1 Å². The van der Waals surface area contributed by atoms with E-state index in [-0.39, 0.29) is 17.6 Å². The molecule has 0 fully saturated rings. The van der Waals surface area contributed by atoms with Crippen LogP contribution in [0, 0.1) is 0 Å². The number of hydrogen-bond acceptors (Lipinski definition) is 6. The number of benzene rings is 2. The molecule has 2 heterocycles. The molecule has 9 nitrogen and oxygen atoms in total. The van der Waals surface area contributed by atoms with Gasteiger partial charge in [-0.05, 0) is 12.0 Å². The van der Waals surface area contributed by atoms with Crippen LogP contribution in [-0.2, 0) is 30.9 Å². The van der Waals surface area contributed by atoms with Crippen LogP contribution >= 0.6 is 11.6 Å². The molecule has 0 saturated carbocycles. The highest BCUT2D eigenvalue weighted by Gasteiger charge is 2.43. The number of hydrogen-bond donors (Lipinski definition) is 2. The van der Waals surface area contributed by atoms with Crippen molar-refractivity contribution in [2.45, 2.75) is 52.3 Å². The van der Waals surface area contributed by atoms with E-state index in [0.29, 0.717) is 29.8 Å². The summed E-state index contributed by atoms with van der Waals surface area (Å²) in [6.07, 6.45) is 2.77. The molecule has 1 aliphatic heterocycles. The number of unbranched alkanes of at least 4 members (excludes halogenated alkanes) is 1. The van der Waals surface area contributed by atoms with Crippen LogP contribution in [0.5, 0.6) is 0 Å². The Morgan fingerprint density at radius 3 is 2.51 bits per heavy atom. The number of nitrogens with zero attached hydrogens (tertiary/aromatic N) is 6. The van der Waals surface area contributed by atoms with Gasteiger partial charge >= 0.3 is 0 Å². The first-order valence-corrected chi connectivity index (χ1v) is 12.0. The molecule has 0 bridgehead atoms. The molecule has 1 aliphatic rings. The Labute approximate surface area is 209 Å². The first kappa shape index (κ1) is 24.7. The number of carbonyl (C=O) groups is 1. The number of quaternary nitrogens is 1. The van der Waals surface area contributed by atoms with E-state index in [2.05, 4.69) is 27.5 Å². The summed E-state index contributed by atoms with van der Waals surface area (Å²) in [5.41, 5.74) is 8.96. The Hall–Kier alpha value is -3.40. The fourth-order valence-electron chi connectivity index (χ4n) is 4.25. The molecule has 35 heavy (non-hydrogen) atoms. The quantitative estimate of drug-likeness (QED) is 0.382. The van der Waals surface area contributed by atoms with E-state index in [4.69, 9.17) is 17.3 Å². The summed E-state index contributed by atoms with van der Waals surface area (Å²) in [6.45, 7) is 2.92. The molecule has 4 rings (SSSR count). The summed E-state index contributed by atoms with van der Waals surface area (Å²) < 4.78 is 1.94. The Morgan fingerprint density at radius 2 is 1.86 bits per heavy atom. The van der Waals surface area contributed by atoms with Crippen molar-refractivity contribution in [3.8, 4) is 0 Å². The number of aromatic nitrogens is 2. The number of aryl methyl sites for hydroxylation is 1. The number of carbonyl (C=O) groups excluding carboxylic acids is 1. The van der Waals surface area contributed by atoms with Crippen LogP contribution in [0.1, 0.15) is 48.8 Å². The Bertz CT molecular complexity index is 1240. The summed E-state index contributed by atoms with van der Waals surface area (Å²) in [7, 11) is 0. The number of nitrogens with two attached hydrogens (primary N) is 1. The van der Waals surface area contributed by atoms with E-state index in [1.165, 1.54) is 0 Å². The van der Waals surface area contributed by atoms with Gasteiger partial charge in [0.25, 0.3) is 5.84 Å². The Balaban J connectivity index is 1.66. The number of rotatable bonds is 11. The first-order valence-electron chi connectivity index (χ1n) is 11.6. The molecule has 0 aliphatic carbocycles. The van der Waals surface area contributed by atoms with Gasteiger partial charge in [0.1, 0.15) is 18.8 Å². The second-order valence-corrected chi connectivity index (χ2v) is 8.89.